The molecule has 3 aliphatic rings. The molecule has 18 heavy (non-hydrogen) atoms. The summed E-state index contributed by atoms with van der Waals surface area (Å²) in [6, 6.07) is 0. The number of hydrogen-bond donors (Lipinski definition) is 1. The van der Waals surface area contributed by atoms with Crippen molar-refractivity contribution in [2.24, 2.45) is 4.99 Å². The Bertz CT molecular complexity index is 400. The van der Waals surface area contributed by atoms with E-state index >= 15 is 0 Å². The normalized spacial score (nSPS) is 29.4. The highest BCUT2D eigenvalue weighted by molar-refractivity contribution is 5.65. The van der Waals surface area contributed by atoms with Crippen LogP contribution in [0.3, 0.4) is 0 Å². The first-order valence-corrected chi connectivity index (χ1v) is 7.26. The molecule has 0 radical (unpaired) electrons. The van der Waals surface area contributed by atoms with Gasteiger partial charge in [-0.15, -0.1) is 0 Å². The van der Waals surface area contributed by atoms with E-state index in [9.17, 15) is 0 Å². The van der Waals surface area contributed by atoms with Crippen LogP contribution in [0.1, 0.15) is 45.4 Å². The van der Waals surface area contributed by atoms with E-state index in [2.05, 4.69) is 22.1 Å². The largest absolute Gasteiger partial charge is 0.369 e. The van der Waals surface area contributed by atoms with Crippen molar-refractivity contribution in [3.63, 3.8) is 0 Å². The number of aliphatic imine (C=N–C) groups is 1. The summed E-state index contributed by atoms with van der Waals surface area (Å²) in [5.74, 6) is 0. The summed E-state index contributed by atoms with van der Waals surface area (Å²) in [4.78, 5) is 6.96. The van der Waals surface area contributed by atoms with Crippen molar-refractivity contribution in [3.05, 3.63) is 23.0 Å². The fourth-order valence-electron chi connectivity index (χ4n) is 3.27. The molecule has 0 aromatic carbocycles. The SMILES string of the molecule is CC1=CN=CCC2=C1NC(N1CCCCC1)CC2. The standard InChI is InChI=1S/C15H23N3/c1-12-11-16-8-7-13-5-6-14(17-15(12)13)18-9-3-2-4-10-18/h8,11,14,17H,2-7,9-10H2,1H3. The highest BCUT2D eigenvalue weighted by Gasteiger charge is 2.26. The average Bonchev–Trinajstić information content (AvgIpc) is 2.62. The summed E-state index contributed by atoms with van der Waals surface area (Å²) in [6.07, 6.45) is 12.2. The summed E-state index contributed by atoms with van der Waals surface area (Å²) in [6.45, 7) is 4.70. The van der Waals surface area contributed by atoms with Crippen molar-refractivity contribution in [2.45, 2.75) is 51.6 Å². The van der Waals surface area contributed by atoms with Crippen molar-refractivity contribution in [1.82, 2.24) is 10.2 Å². The lowest BCUT2D eigenvalue weighted by Gasteiger charge is -2.39. The molecule has 1 saturated heterocycles. The van der Waals surface area contributed by atoms with Gasteiger partial charge in [0.2, 0.25) is 0 Å². The number of allylic oxidation sites excluding steroid dienone is 2. The van der Waals surface area contributed by atoms with Crippen LogP contribution in [0, 0.1) is 0 Å². The van der Waals surface area contributed by atoms with E-state index < -0.39 is 0 Å². The number of nitrogens with one attached hydrogen (secondary N) is 1. The topological polar surface area (TPSA) is 27.6 Å². The Morgan fingerprint density at radius 3 is 2.94 bits per heavy atom. The molecule has 0 aliphatic carbocycles. The van der Waals surface area contributed by atoms with Gasteiger partial charge in [-0.3, -0.25) is 9.89 Å². The first-order valence-electron chi connectivity index (χ1n) is 7.26. The maximum Gasteiger partial charge on any atom is 0.0796 e. The summed E-state index contributed by atoms with van der Waals surface area (Å²) < 4.78 is 0. The Hall–Kier alpha value is -1.09. The van der Waals surface area contributed by atoms with Crippen LogP contribution in [0.15, 0.2) is 28.0 Å². The molecule has 1 atom stereocenters. The van der Waals surface area contributed by atoms with Gasteiger partial charge in [-0.2, -0.15) is 0 Å². The number of nitrogens with zero attached hydrogens (tertiary/aromatic N) is 2. The molecule has 3 heterocycles. The van der Waals surface area contributed by atoms with E-state index in [1.165, 1.54) is 56.5 Å². The fourth-order valence-corrected chi connectivity index (χ4v) is 3.27. The van der Waals surface area contributed by atoms with Crippen LogP contribution in [0.2, 0.25) is 0 Å². The second-order valence-corrected chi connectivity index (χ2v) is 5.62. The van der Waals surface area contributed by atoms with Gasteiger partial charge >= 0.3 is 0 Å². The average molecular weight is 245 g/mol. The molecular formula is C15H23N3. The van der Waals surface area contributed by atoms with Crippen molar-refractivity contribution in [3.8, 4) is 0 Å². The zero-order valence-corrected chi connectivity index (χ0v) is 11.3. The van der Waals surface area contributed by atoms with Gasteiger partial charge in [0.25, 0.3) is 0 Å². The highest BCUT2D eigenvalue weighted by atomic mass is 15.3. The minimum atomic E-state index is 0.547. The third kappa shape index (κ3) is 2.37. The molecule has 3 heteroatoms. The van der Waals surface area contributed by atoms with E-state index in [1.807, 2.05) is 12.4 Å². The molecule has 1 N–H and O–H groups in total. The van der Waals surface area contributed by atoms with Crippen molar-refractivity contribution < 1.29 is 0 Å². The lowest BCUT2D eigenvalue weighted by atomic mass is 9.95. The van der Waals surface area contributed by atoms with Crippen molar-refractivity contribution >= 4 is 6.21 Å². The number of likely N-dealkylation sites (tertiary alicyclic amines) is 1. The maximum absolute atomic E-state index is 4.33. The molecule has 0 aromatic heterocycles. The van der Waals surface area contributed by atoms with Gasteiger partial charge in [0.1, 0.15) is 0 Å². The monoisotopic (exact) mass is 245 g/mol. The summed E-state index contributed by atoms with van der Waals surface area (Å²) in [5.41, 5.74) is 4.20. The molecule has 3 rings (SSSR count). The molecule has 3 nitrogen and oxygen atoms in total. The Kier molecular flexibility index (Phi) is 3.50. The summed E-state index contributed by atoms with van der Waals surface area (Å²) >= 11 is 0. The molecule has 1 fully saturated rings. The van der Waals surface area contributed by atoms with Gasteiger partial charge in [-0.05, 0) is 43.8 Å². The fraction of sp³-hybridized carbons (Fsp3) is 0.667. The van der Waals surface area contributed by atoms with Crippen LogP contribution in [0.5, 0.6) is 0 Å². The molecule has 0 aromatic rings. The van der Waals surface area contributed by atoms with Crippen LogP contribution < -0.4 is 5.32 Å². The van der Waals surface area contributed by atoms with E-state index in [0.29, 0.717) is 6.17 Å². The number of hydrogen-bond acceptors (Lipinski definition) is 3. The zero-order valence-electron chi connectivity index (χ0n) is 11.3. The quantitative estimate of drug-likeness (QED) is 0.769. The molecular weight excluding hydrogens is 222 g/mol. The van der Waals surface area contributed by atoms with Gasteiger partial charge in [0, 0.05) is 37.6 Å². The molecule has 0 spiro atoms. The van der Waals surface area contributed by atoms with Gasteiger partial charge in [0.05, 0.1) is 6.17 Å². The Balaban J connectivity index is 1.74. The lowest BCUT2D eigenvalue weighted by molar-refractivity contribution is 0.132. The van der Waals surface area contributed by atoms with Gasteiger partial charge in [-0.25, -0.2) is 0 Å². The minimum absolute atomic E-state index is 0.547. The summed E-state index contributed by atoms with van der Waals surface area (Å²) in [5, 5.41) is 3.77. The van der Waals surface area contributed by atoms with Crippen LogP contribution >= 0.6 is 0 Å². The van der Waals surface area contributed by atoms with E-state index in [-0.39, 0.29) is 0 Å². The smallest absolute Gasteiger partial charge is 0.0796 e. The molecule has 3 aliphatic heterocycles. The predicted molar refractivity (Wildman–Crippen MR) is 75.5 cm³/mol. The Morgan fingerprint density at radius 2 is 2.11 bits per heavy atom. The first kappa shape index (κ1) is 12.0. The van der Waals surface area contributed by atoms with Gasteiger partial charge in [0.15, 0.2) is 0 Å². The molecule has 0 amide bonds. The molecule has 98 valence electrons. The van der Waals surface area contributed by atoms with Gasteiger partial charge < -0.3 is 5.32 Å². The third-order valence-electron chi connectivity index (χ3n) is 4.32. The van der Waals surface area contributed by atoms with Gasteiger partial charge in [-0.1, -0.05) is 6.42 Å². The lowest BCUT2D eigenvalue weighted by Crippen LogP contribution is -2.49. The molecule has 0 bridgehead atoms. The van der Waals surface area contributed by atoms with E-state index in [1.54, 1.807) is 5.57 Å². The van der Waals surface area contributed by atoms with E-state index in [0.717, 1.165) is 6.42 Å². The molecule has 1 unspecified atom stereocenters. The van der Waals surface area contributed by atoms with Crippen LogP contribution in [-0.2, 0) is 0 Å². The number of rotatable bonds is 1. The first-order chi connectivity index (χ1) is 8.84. The Labute approximate surface area is 110 Å². The summed E-state index contributed by atoms with van der Waals surface area (Å²) in [7, 11) is 0. The van der Waals surface area contributed by atoms with Crippen LogP contribution in [-0.4, -0.2) is 30.4 Å². The van der Waals surface area contributed by atoms with Crippen molar-refractivity contribution in [2.75, 3.05) is 13.1 Å². The minimum Gasteiger partial charge on any atom is -0.369 e. The molecule has 0 saturated carbocycles. The zero-order chi connectivity index (χ0) is 12.4. The van der Waals surface area contributed by atoms with Crippen LogP contribution in [0.4, 0.5) is 0 Å². The highest BCUT2D eigenvalue weighted by Crippen LogP contribution is 2.28. The van der Waals surface area contributed by atoms with Crippen molar-refractivity contribution in [1.29, 1.82) is 0 Å². The van der Waals surface area contributed by atoms with Crippen LogP contribution in [0.25, 0.3) is 0 Å². The second-order valence-electron chi connectivity index (χ2n) is 5.62. The van der Waals surface area contributed by atoms with E-state index in [4.69, 9.17) is 0 Å². The Morgan fingerprint density at radius 1 is 1.28 bits per heavy atom. The second kappa shape index (κ2) is 5.27. The predicted octanol–water partition coefficient (Wildman–Crippen LogP) is 2.81. The third-order valence-corrected chi connectivity index (χ3v) is 4.32. The number of piperidine rings is 1. The maximum atomic E-state index is 4.33.